The minimum atomic E-state index is -0.701. The van der Waals surface area contributed by atoms with Crippen LogP contribution in [0.2, 0.25) is 0 Å². The number of ether oxygens (including phenoxy) is 1. The van der Waals surface area contributed by atoms with Crippen LogP contribution in [0.25, 0.3) is 11.6 Å². The van der Waals surface area contributed by atoms with Gasteiger partial charge in [0, 0.05) is 6.07 Å². The fourth-order valence-electron chi connectivity index (χ4n) is 2.07. The van der Waals surface area contributed by atoms with E-state index in [0.29, 0.717) is 16.7 Å². The second kappa shape index (κ2) is 6.62. The van der Waals surface area contributed by atoms with Gasteiger partial charge < -0.3 is 9.84 Å². The molecule has 0 aliphatic rings. The number of phenols is 1. The van der Waals surface area contributed by atoms with Crippen LogP contribution in [-0.2, 0) is 0 Å². The van der Waals surface area contributed by atoms with Crippen molar-refractivity contribution in [3.63, 3.8) is 0 Å². The predicted octanol–water partition coefficient (Wildman–Crippen LogP) is 3.68. The Hall–Kier alpha value is -3.33. The Morgan fingerprint density at radius 3 is 2.52 bits per heavy atom. The highest BCUT2D eigenvalue weighted by molar-refractivity contribution is 5.90. The van der Waals surface area contributed by atoms with Gasteiger partial charge >= 0.3 is 5.69 Å². The van der Waals surface area contributed by atoms with E-state index in [9.17, 15) is 20.5 Å². The fourth-order valence-corrected chi connectivity index (χ4v) is 2.07. The molecule has 2 aromatic rings. The monoisotopic (exact) mass is 310 g/mol. The van der Waals surface area contributed by atoms with Crippen LogP contribution in [0.5, 0.6) is 11.5 Å². The third kappa shape index (κ3) is 3.47. The lowest BCUT2D eigenvalue weighted by molar-refractivity contribution is -0.386. The summed E-state index contributed by atoms with van der Waals surface area (Å²) in [5, 5.41) is 30.1. The van der Waals surface area contributed by atoms with Crippen LogP contribution in [0, 0.1) is 28.4 Å². The third-order valence-corrected chi connectivity index (χ3v) is 3.29. The maximum Gasteiger partial charge on any atom is 0.315 e. The van der Waals surface area contributed by atoms with Gasteiger partial charge in [0.2, 0.25) is 5.75 Å². The second-order valence-corrected chi connectivity index (χ2v) is 4.88. The number of allylic oxidation sites excluding steroid dienone is 1. The van der Waals surface area contributed by atoms with Crippen molar-refractivity contribution in [2.24, 2.45) is 0 Å². The summed E-state index contributed by atoms with van der Waals surface area (Å²) in [6.45, 7) is 1.94. The lowest BCUT2D eigenvalue weighted by Gasteiger charge is -2.06. The molecule has 0 spiro atoms. The van der Waals surface area contributed by atoms with E-state index in [1.54, 1.807) is 12.1 Å². The van der Waals surface area contributed by atoms with Crippen LogP contribution in [0.1, 0.15) is 16.7 Å². The highest BCUT2D eigenvalue weighted by atomic mass is 16.6. The van der Waals surface area contributed by atoms with Gasteiger partial charge in [-0.3, -0.25) is 10.1 Å². The van der Waals surface area contributed by atoms with Crippen LogP contribution in [0.3, 0.4) is 0 Å². The van der Waals surface area contributed by atoms with Crippen molar-refractivity contribution in [1.82, 2.24) is 0 Å². The van der Waals surface area contributed by atoms with Crippen molar-refractivity contribution < 1.29 is 14.8 Å². The van der Waals surface area contributed by atoms with E-state index in [0.717, 1.165) is 5.56 Å². The standard InChI is InChI=1S/C17H14N2O4/c1-11-3-5-13(6-4-11)14(10-18)7-12-8-15(19(21)22)17(20)16(9-12)23-2/h3-9,20H,1-2H3/b14-7-. The predicted molar refractivity (Wildman–Crippen MR) is 86.0 cm³/mol. The van der Waals surface area contributed by atoms with Gasteiger partial charge in [0.15, 0.2) is 5.75 Å². The summed E-state index contributed by atoms with van der Waals surface area (Å²) in [5.41, 5.74) is 2.04. The van der Waals surface area contributed by atoms with Crippen molar-refractivity contribution in [2.45, 2.75) is 6.92 Å². The highest BCUT2D eigenvalue weighted by Crippen LogP contribution is 2.37. The molecule has 0 aliphatic carbocycles. The minimum absolute atomic E-state index is 0.0216. The Labute approximate surface area is 133 Å². The molecule has 2 aromatic carbocycles. The molecule has 2 rings (SSSR count). The maximum absolute atomic E-state index is 11.0. The Morgan fingerprint density at radius 2 is 2.00 bits per heavy atom. The Bertz CT molecular complexity index is 818. The first-order valence-corrected chi connectivity index (χ1v) is 6.70. The molecule has 116 valence electrons. The molecule has 0 saturated heterocycles. The lowest BCUT2D eigenvalue weighted by atomic mass is 10.0. The number of methoxy groups -OCH3 is 1. The second-order valence-electron chi connectivity index (χ2n) is 4.88. The van der Waals surface area contributed by atoms with Crippen molar-refractivity contribution in [1.29, 1.82) is 5.26 Å². The average molecular weight is 310 g/mol. The number of hydrogen-bond acceptors (Lipinski definition) is 5. The summed E-state index contributed by atoms with van der Waals surface area (Å²) >= 11 is 0. The number of nitro groups is 1. The largest absolute Gasteiger partial charge is 0.500 e. The summed E-state index contributed by atoms with van der Waals surface area (Å²) < 4.78 is 4.95. The first-order chi connectivity index (χ1) is 11.0. The van der Waals surface area contributed by atoms with Crippen LogP contribution in [-0.4, -0.2) is 17.1 Å². The molecule has 6 nitrogen and oxygen atoms in total. The molecule has 0 bridgehead atoms. The van der Waals surface area contributed by atoms with Gasteiger partial charge in [-0.25, -0.2) is 0 Å². The fraction of sp³-hybridized carbons (Fsp3) is 0.118. The molecule has 0 fully saturated rings. The minimum Gasteiger partial charge on any atom is -0.500 e. The normalized spacial score (nSPS) is 10.9. The zero-order chi connectivity index (χ0) is 17.0. The molecule has 1 N–H and O–H groups in total. The molecule has 0 unspecified atom stereocenters. The SMILES string of the molecule is COc1cc(/C=C(/C#N)c2ccc(C)cc2)cc([N+](=O)[O-])c1O. The molecule has 0 amide bonds. The van der Waals surface area contributed by atoms with Crippen LogP contribution < -0.4 is 4.74 Å². The van der Waals surface area contributed by atoms with Gasteiger partial charge in [-0.2, -0.15) is 5.26 Å². The van der Waals surface area contributed by atoms with E-state index in [4.69, 9.17) is 4.74 Å². The van der Waals surface area contributed by atoms with Crippen LogP contribution >= 0.6 is 0 Å². The molecule has 0 heterocycles. The van der Waals surface area contributed by atoms with E-state index < -0.39 is 16.4 Å². The van der Waals surface area contributed by atoms with E-state index >= 15 is 0 Å². The summed E-state index contributed by atoms with van der Waals surface area (Å²) in [7, 11) is 1.30. The number of rotatable bonds is 4. The van der Waals surface area contributed by atoms with E-state index in [-0.39, 0.29) is 5.75 Å². The number of benzene rings is 2. The summed E-state index contributed by atoms with van der Waals surface area (Å²) in [6, 6.07) is 12.1. The number of hydrogen-bond donors (Lipinski definition) is 1. The van der Waals surface area contributed by atoms with Gasteiger partial charge in [-0.15, -0.1) is 0 Å². The summed E-state index contributed by atoms with van der Waals surface area (Å²) in [5.74, 6) is -0.560. The smallest absolute Gasteiger partial charge is 0.315 e. The lowest BCUT2D eigenvalue weighted by Crippen LogP contribution is -1.93. The zero-order valence-electron chi connectivity index (χ0n) is 12.6. The van der Waals surface area contributed by atoms with Gasteiger partial charge in [0.25, 0.3) is 0 Å². The van der Waals surface area contributed by atoms with E-state index in [1.807, 2.05) is 19.1 Å². The Morgan fingerprint density at radius 1 is 1.35 bits per heavy atom. The third-order valence-electron chi connectivity index (χ3n) is 3.29. The van der Waals surface area contributed by atoms with Gasteiger partial charge in [-0.05, 0) is 30.2 Å². The van der Waals surface area contributed by atoms with Crippen molar-refractivity contribution in [2.75, 3.05) is 7.11 Å². The molecule has 0 saturated carbocycles. The summed E-state index contributed by atoms with van der Waals surface area (Å²) in [4.78, 5) is 10.3. The number of aryl methyl sites for hydroxylation is 1. The molecule has 23 heavy (non-hydrogen) atoms. The van der Waals surface area contributed by atoms with Gasteiger partial charge in [-0.1, -0.05) is 29.8 Å². The molecule has 6 heteroatoms. The van der Waals surface area contributed by atoms with Crippen molar-refractivity contribution in [3.8, 4) is 17.6 Å². The van der Waals surface area contributed by atoms with E-state index in [2.05, 4.69) is 6.07 Å². The van der Waals surface area contributed by atoms with Crippen molar-refractivity contribution in [3.05, 3.63) is 63.2 Å². The number of nitrogens with zero attached hydrogens (tertiary/aromatic N) is 2. The highest BCUT2D eigenvalue weighted by Gasteiger charge is 2.19. The Balaban J connectivity index is 2.56. The molecule has 0 aromatic heterocycles. The molecule has 0 aliphatic heterocycles. The average Bonchev–Trinajstić information content (AvgIpc) is 2.54. The number of phenolic OH excluding ortho intramolecular Hbond substituents is 1. The summed E-state index contributed by atoms with van der Waals surface area (Å²) in [6.07, 6.45) is 1.51. The maximum atomic E-state index is 11.0. The number of nitro benzene ring substituents is 1. The topological polar surface area (TPSA) is 96.4 Å². The molecule has 0 atom stereocenters. The Kier molecular flexibility index (Phi) is 4.62. The number of nitriles is 1. The van der Waals surface area contributed by atoms with Crippen molar-refractivity contribution >= 4 is 17.3 Å². The first-order valence-electron chi connectivity index (χ1n) is 6.70. The molecular formula is C17H14N2O4. The van der Waals surface area contributed by atoms with Gasteiger partial charge in [0.05, 0.1) is 23.7 Å². The number of aromatic hydroxyl groups is 1. The van der Waals surface area contributed by atoms with Crippen LogP contribution in [0.15, 0.2) is 36.4 Å². The van der Waals surface area contributed by atoms with E-state index in [1.165, 1.54) is 25.3 Å². The zero-order valence-corrected chi connectivity index (χ0v) is 12.6. The molecular weight excluding hydrogens is 296 g/mol. The van der Waals surface area contributed by atoms with Gasteiger partial charge in [0.1, 0.15) is 0 Å². The quantitative estimate of drug-likeness (QED) is 0.402. The first kappa shape index (κ1) is 16.0. The molecule has 0 radical (unpaired) electrons. The van der Waals surface area contributed by atoms with Crippen LogP contribution in [0.4, 0.5) is 5.69 Å².